The fraction of sp³-hybridized carbons (Fsp3) is 0.500. The Morgan fingerprint density at radius 1 is 1.30 bits per heavy atom. The summed E-state index contributed by atoms with van der Waals surface area (Å²) in [6.45, 7) is 3.83. The lowest BCUT2D eigenvalue weighted by molar-refractivity contribution is -0.113. The Labute approximate surface area is 120 Å². The van der Waals surface area contributed by atoms with E-state index in [1.54, 1.807) is 18.2 Å². The van der Waals surface area contributed by atoms with Crippen LogP contribution in [0.1, 0.15) is 31.7 Å². The van der Waals surface area contributed by atoms with Gasteiger partial charge in [-0.1, -0.05) is 25.8 Å². The first kappa shape index (κ1) is 16.5. The Kier molecular flexibility index (Phi) is 6.01. The number of aryl methyl sites for hydroxylation is 1. The average molecular weight is 298 g/mol. The molecule has 0 saturated heterocycles. The van der Waals surface area contributed by atoms with Crippen LogP contribution in [0.5, 0.6) is 0 Å². The van der Waals surface area contributed by atoms with Crippen LogP contribution in [0.4, 0.5) is 11.4 Å². The first-order valence-electron chi connectivity index (χ1n) is 6.70. The minimum absolute atomic E-state index is 0.0597. The average Bonchev–Trinajstić information content (AvgIpc) is 2.33. The number of hydrogen-bond donors (Lipinski definition) is 2. The third-order valence-electron chi connectivity index (χ3n) is 2.95. The number of anilines is 2. The number of unbranched alkanes of at least 4 members (excludes halogenated alkanes) is 2. The highest BCUT2D eigenvalue weighted by molar-refractivity contribution is 7.92. The maximum atomic E-state index is 11.8. The van der Waals surface area contributed by atoms with Crippen LogP contribution in [0.25, 0.3) is 0 Å². The maximum absolute atomic E-state index is 11.8. The number of hydrogen-bond acceptors (Lipinski definition) is 4. The minimum Gasteiger partial charge on any atom is -0.399 e. The fourth-order valence-electron chi connectivity index (χ4n) is 1.80. The molecule has 112 valence electrons. The van der Waals surface area contributed by atoms with Gasteiger partial charge in [0.1, 0.15) is 5.75 Å². The molecule has 0 aliphatic carbocycles. The zero-order valence-corrected chi connectivity index (χ0v) is 12.8. The van der Waals surface area contributed by atoms with Crippen molar-refractivity contribution in [1.82, 2.24) is 0 Å². The van der Waals surface area contributed by atoms with Crippen LogP contribution < -0.4 is 11.1 Å². The smallest absolute Gasteiger partial charge is 0.239 e. The zero-order chi connectivity index (χ0) is 15.2. The Balaban J connectivity index is 2.61. The summed E-state index contributed by atoms with van der Waals surface area (Å²) >= 11 is 0. The van der Waals surface area contributed by atoms with Crippen molar-refractivity contribution in [2.45, 2.75) is 33.1 Å². The maximum Gasteiger partial charge on any atom is 0.239 e. The number of nitrogens with one attached hydrogen (secondary N) is 1. The van der Waals surface area contributed by atoms with Crippen molar-refractivity contribution in [3.05, 3.63) is 23.8 Å². The van der Waals surface area contributed by atoms with Crippen LogP contribution in [0.3, 0.4) is 0 Å². The quantitative estimate of drug-likeness (QED) is 0.596. The summed E-state index contributed by atoms with van der Waals surface area (Å²) in [5, 5.41) is 2.60. The minimum atomic E-state index is -3.34. The van der Waals surface area contributed by atoms with Crippen molar-refractivity contribution < 1.29 is 13.2 Å². The molecular formula is C14H22N2O3S. The molecule has 5 nitrogen and oxygen atoms in total. The third kappa shape index (κ3) is 5.61. The van der Waals surface area contributed by atoms with Crippen LogP contribution in [0.15, 0.2) is 18.2 Å². The lowest BCUT2D eigenvalue weighted by atomic mass is 10.2. The van der Waals surface area contributed by atoms with Gasteiger partial charge in [-0.2, -0.15) is 0 Å². The van der Waals surface area contributed by atoms with Crippen LogP contribution >= 0.6 is 0 Å². The van der Waals surface area contributed by atoms with Gasteiger partial charge in [0.15, 0.2) is 9.84 Å². The van der Waals surface area contributed by atoms with Crippen molar-refractivity contribution in [3.8, 4) is 0 Å². The molecule has 0 heterocycles. The third-order valence-corrected chi connectivity index (χ3v) is 4.56. The van der Waals surface area contributed by atoms with Crippen molar-refractivity contribution in [3.63, 3.8) is 0 Å². The molecule has 20 heavy (non-hydrogen) atoms. The van der Waals surface area contributed by atoms with E-state index in [1.165, 1.54) is 0 Å². The van der Waals surface area contributed by atoms with E-state index in [9.17, 15) is 13.2 Å². The van der Waals surface area contributed by atoms with E-state index in [0.717, 1.165) is 18.4 Å². The van der Waals surface area contributed by atoms with Gasteiger partial charge in [0, 0.05) is 11.4 Å². The number of nitrogen functional groups attached to an aromatic ring is 1. The monoisotopic (exact) mass is 298 g/mol. The van der Waals surface area contributed by atoms with Crippen LogP contribution in [-0.2, 0) is 14.6 Å². The summed E-state index contributed by atoms with van der Waals surface area (Å²) in [4.78, 5) is 11.8. The predicted octanol–water partition coefficient (Wildman–Crippen LogP) is 2.12. The molecule has 3 N–H and O–H groups in total. The molecule has 1 rings (SSSR count). The summed E-state index contributed by atoms with van der Waals surface area (Å²) in [6.07, 6.45) is 2.41. The molecule has 0 spiro atoms. The van der Waals surface area contributed by atoms with E-state index in [4.69, 9.17) is 5.73 Å². The molecule has 0 aromatic heterocycles. The van der Waals surface area contributed by atoms with Crippen molar-refractivity contribution in [2.75, 3.05) is 22.6 Å². The number of amides is 1. The Morgan fingerprint density at radius 3 is 2.65 bits per heavy atom. The standard InChI is InChI=1S/C14H22N2O3S/c1-3-4-5-8-20(18,19)10-14(17)16-13-9-12(15)7-6-11(13)2/h6-7,9H,3-5,8,10,15H2,1-2H3,(H,16,17). The van der Waals surface area contributed by atoms with Gasteiger partial charge in [0.25, 0.3) is 0 Å². The molecule has 6 heteroatoms. The van der Waals surface area contributed by atoms with Gasteiger partial charge in [-0.15, -0.1) is 0 Å². The molecule has 1 aromatic rings. The molecule has 1 amide bonds. The van der Waals surface area contributed by atoms with Crippen molar-refractivity contribution in [1.29, 1.82) is 0 Å². The number of sulfone groups is 1. The van der Waals surface area contributed by atoms with Gasteiger partial charge in [0.2, 0.25) is 5.91 Å². The molecule has 0 unspecified atom stereocenters. The molecule has 0 saturated carbocycles. The number of benzene rings is 1. The summed E-state index contributed by atoms with van der Waals surface area (Å²) in [7, 11) is -3.34. The van der Waals surface area contributed by atoms with Crippen LogP contribution in [-0.4, -0.2) is 25.8 Å². The second-order valence-electron chi connectivity index (χ2n) is 4.92. The van der Waals surface area contributed by atoms with E-state index >= 15 is 0 Å². The second kappa shape index (κ2) is 7.28. The Morgan fingerprint density at radius 2 is 2.00 bits per heavy atom. The highest BCUT2D eigenvalue weighted by Crippen LogP contribution is 2.18. The Bertz CT molecular complexity index is 568. The van der Waals surface area contributed by atoms with Crippen molar-refractivity contribution in [2.24, 2.45) is 0 Å². The highest BCUT2D eigenvalue weighted by atomic mass is 32.2. The molecule has 0 aliphatic rings. The summed E-state index contributed by atoms with van der Waals surface area (Å²) in [5.74, 6) is -0.940. The predicted molar refractivity (Wildman–Crippen MR) is 82.4 cm³/mol. The molecular weight excluding hydrogens is 276 g/mol. The molecule has 0 fully saturated rings. The zero-order valence-electron chi connectivity index (χ0n) is 12.0. The second-order valence-corrected chi connectivity index (χ2v) is 7.11. The molecule has 0 atom stereocenters. The van der Waals surface area contributed by atoms with Gasteiger partial charge in [0.05, 0.1) is 5.75 Å². The van der Waals surface area contributed by atoms with Gasteiger partial charge in [-0.05, 0) is 31.0 Å². The van der Waals surface area contributed by atoms with E-state index in [0.29, 0.717) is 17.8 Å². The highest BCUT2D eigenvalue weighted by Gasteiger charge is 2.16. The Hall–Kier alpha value is -1.56. The van der Waals surface area contributed by atoms with Gasteiger partial charge in [-0.25, -0.2) is 8.42 Å². The van der Waals surface area contributed by atoms with E-state index < -0.39 is 21.5 Å². The lowest BCUT2D eigenvalue weighted by Gasteiger charge is -2.09. The van der Waals surface area contributed by atoms with Gasteiger partial charge < -0.3 is 11.1 Å². The molecule has 1 aromatic carbocycles. The fourth-order valence-corrected chi connectivity index (χ4v) is 3.06. The van der Waals surface area contributed by atoms with Gasteiger partial charge in [-0.3, -0.25) is 4.79 Å². The number of nitrogens with two attached hydrogens (primary N) is 1. The van der Waals surface area contributed by atoms with Gasteiger partial charge >= 0.3 is 0 Å². The summed E-state index contributed by atoms with van der Waals surface area (Å²) < 4.78 is 23.5. The summed E-state index contributed by atoms with van der Waals surface area (Å²) in [5.41, 5.74) is 7.56. The molecule has 0 aliphatic heterocycles. The van der Waals surface area contributed by atoms with Crippen LogP contribution in [0, 0.1) is 6.92 Å². The number of carbonyl (C=O) groups excluding carboxylic acids is 1. The van der Waals surface area contributed by atoms with Crippen molar-refractivity contribution >= 4 is 27.1 Å². The largest absolute Gasteiger partial charge is 0.399 e. The number of carbonyl (C=O) groups is 1. The van der Waals surface area contributed by atoms with E-state index in [-0.39, 0.29) is 5.75 Å². The first-order chi connectivity index (χ1) is 9.34. The normalized spacial score (nSPS) is 11.3. The lowest BCUT2D eigenvalue weighted by Crippen LogP contribution is -2.25. The van der Waals surface area contributed by atoms with E-state index in [1.807, 2.05) is 13.8 Å². The SMILES string of the molecule is CCCCCS(=O)(=O)CC(=O)Nc1cc(N)ccc1C. The van der Waals surface area contributed by atoms with Crippen LogP contribution in [0.2, 0.25) is 0 Å². The molecule has 0 radical (unpaired) electrons. The summed E-state index contributed by atoms with van der Waals surface area (Å²) in [6, 6.07) is 5.13. The number of rotatable bonds is 7. The van der Waals surface area contributed by atoms with E-state index in [2.05, 4.69) is 5.32 Å². The topological polar surface area (TPSA) is 89.3 Å². The molecule has 0 bridgehead atoms. The first-order valence-corrected chi connectivity index (χ1v) is 8.52.